The molecule has 0 unspecified atom stereocenters. The van der Waals surface area contributed by atoms with E-state index in [1.807, 2.05) is 12.4 Å². The van der Waals surface area contributed by atoms with Crippen LogP contribution in [0.15, 0.2) is 17.3 Å². The van der Waals surface area contributed by atoms with E-state index in [1.54, 1.807) is 0 Å². The molecule has 12 heavy (non-hydrogen) atoms. The minimum atomic E-state index is 0.183. The Kier molecular flexibility index (Phi) is 3.69. The largest absolute Gasteiger partial charge is 0.269 e. The third kappa shape index (κ3) is 9.41. The predicted molar refractivity (Wildman–Crippen MR) is 56.5 cm³/mol. The van der Waals surface area contributed by atoms with Crippen LogP contribution < -0.4 is 0 Å². The van der Waals surface area contributed by atoms with E-state index in [0.29, 0.717) is 0 Å². The van der Waals surface area contributed by atoms with Crippen molar-refractivity contribution in [3.63, 3.8) is 0 Å². The molecule has 0 rings (SSSR count). The topological polar surface area (TPSA) is 12.4 Å². The fourth-order valence-electron chi connectivity index (χ4n) is 0.533. The molecular formula is C11H21N. The highest BCUT2D eigenvalue weighted by molar-refractivity contribution is 5.64. The minimum Gasteiger partial charge on any atom is -0.269 e. The third-order valence-corrected chi connectivity index (χ3v) is 1.12. The van der Waals surface area contributed by atoms with E-state index in [9.17, 15) is 0 Å². The van der Waals surface area contributed by atoms with Crippen LogP contribution >= 0.6 is 0 Å². The summed E-state index contributed by atoms with van der Waals surface area (Å²) >= 11 is 0. The van der Waals surface area contributed by atoms with Crippen molar-refractivity contribution >= 4 is 6.21 Å². The summed E-state index contributed by atoms with van der Waals surface area (Å²) in [7, 11) is 0. The molecule has 0 aliphatic rings. The lowest BCUT2D eigenvalue weighted by Crippen LogP contribution is -2.05. The second-order valence-electron chi connectivity index (χ2n) is 5.33. The second kappa shape index (κ2) is 3.88. The van der Waals surface area contributed by atoms with Crippen LogP contribution in [0, 0.1) is 10.8 Å². The first-order chi connectivity index (χ1) is 5.21. The molecule has 0 saturated heterocycles. The highest BCUT2D eigenvalue weighted by atomic mass is 14.7. The van der Waals surface area contributed by atoms with Gasteiger partial charge in [0.1, 0.15) is 0 Å². The SMILES string of the molecule is CC(C)(C)/C=C/N=C/C(C)(C)C. The maximum atomic E-state index is 4.22. The fourth-order valence-corrected chi connectivity index (χ4v) is 0.533. The summed E-state index contributed by atoms with van der Waals surface area (Å²) in [5.41, 5.74) is 0.414. The number of allylic oxidation sites excluding steroid dienone is 1. The lowest BCUT2D eigenvalue weighted by Gasteiger charge is -2.11. The molecule has 0 aromatic heterocycles. The summed E-state index contributed by atoms with van der Waals surface area (Å²) in [5, 5.41) is 0. The molecule has 0 aliphatic carbocycles. The van der Waals surface area contributed by atoms with Crippen molar-refractivity contribution in [3.05, 3.63) is 12.3 Å². The van der Waals surface area contributed by atoms with Gasteiger partial charge in [-0.2, -0.15) is 0 Å². The zero-order valence-electron chi connectivity index (χ0n) is 9.18. The van der Waals surface area contributed by atoms with Gasteiger partial charge in [0.2, 0.25) is 0 Å². The molecule has 70 valence electrons. The van der Waals surface area contributed by atoms with Gasteiger partial charge in [-0.05, 0) is 10.8 Å². The molecule has 0 aliphatic heterocycles. The number of aliphatic imine (C=N–C) groups is 1. The number of rotatable bonds is 1. The number of nitrogens with zero attached hydrogens (tertiary/aromatic N) is 1. The van der Waals surface area contributed by atoms with E-state index in [0.717, 1.165) is 0 Å². The van der Waals surface area contributed by atoms with Gasteiger partial charge < -0.3 is 0 Å². The molecule has 0 N–H and O–H groups in total. The fraction of sp³-hybridized carbons (Fsp3) is 0.727. The van der Waals surface area contributed by atoms with Gasteiger partial charge >= 0.3 is 0 Å². The zero-order valence-corrected chi connectivity index (χ0v) is 9.18. The molecule has 0 radical (unpaired) electrons. The maximum absolute atomic E-state index is 4.22. The Hall–Kier alpha value is -0.590. The molecular weight excluding hydrogens is 146 g/mol. The van der Waals surface area contributed by atoms with Crippen molar-refractivity contribution in [1.82, 2.24) is 0 Å². The Morgan fingerprint density at radius 1 is 0.833 bits per heavy atom. The Morgan fingerprint density at radius 3 is 1.67 bits per heavy atom. The highest BCUT2D eigenvalue weighted by Gasteiger charge is 2.05. The smallest absolute Gasteiger partial charge is 0.0229 e. The number of hydrogen-bond acceptors (Lipinski definition) is 1. The molecule has 0 spiro atoms. The first-order valence-corrected chi connectivity index (χ1v) is 4.43. The molecule has 1 nitrogen and oxygen atoms in total. The Labute approximate surface area is 76.6 Å². The predicted octanol–water partition coefficient (Wildman–Crippen LogP) is 3.66. The molecule has 0 atom stereocenters. The van der Waals surface area contributed by atoms with Gasteiger partial charge in [-0.3, -0.25) is 4.99 Å². The quantitative estimate of drug-likeness (QED) is 0.528. The summed E-state index contributed by atoms with van der Waals surface area (Å²) < 4.78 is 0. The van der Waals surface area contributed by atoms with Crippen molar-refractivity contribution in [2.24, 2.45) is 15.8 Å². The van der Waals surface area contributed by atoms with Crippen LogP contribution in [0.3, 0.4) is 0 Å². The lowest BCUT2D eigenvalue weighted by atomic mass is 9.97. The summed E-state index contributed by atoms with van der Waals surface area (Å²) in [6.45, 7) is 12.9. The van der Waals surface area contributed by atoms with Crippen molar-refractivity contribution in [1.29, 1.82) is 0 Å². The van der Waals surface area contributed by atoms with E-state index in [1.165, 1.54) is 0 Å². The molecule has 0 aromatic carbocycles. The van der Waals surface area contributed by atoms with Gasteiger partial charge in [-0.1, -0.05) is 47.6 Å². The van der Waals surface area contributed by atoms with Crippen LogP contribution in [0.4, 0.5) is 0 Å². The molecule has 0 fully saturated rings. The zero-order chi connectivity index (χ0) is 9.83. The van der Waals surface area contributed by atoms with Gasteiger partial charge in [-0.15, -0.1) is 0 Å². The third-order valence-electron chi connectivity index (χ3n) is 1.12. The Balaban J connectivity index is 4.00. The monoisotopic (exact) mass is 167 g/mol. The van der Waals surface area contributed by atoms with Crippen LogP contribution in [0.25, 0.3) is 0 Å². The molecule has 0 aromatic rings. The van der Waals surface area contributed by atoms with E-state index < -0.39 is 0 Å². The highest BCUT2D eigenvalue weighted by Crippen LogP contribution is 2.14. The second-order valence-corrected chi connectivity index (χ2v) is 5.33. The van der Waals surface area contributed by atoms with Gasteiger partial charge in [-0.25, -0.2) is 0 Å². The van der Waals surface area contributed by atoms with Gasteiger partial charge in [0.05, 0.1) is 0 Å². The summed E-state index contributed by atoms with van der Waals surface area (Å²) in [6, 6.07) is 0. The van der Waals surface area contributed by atoms with Crippen molar-refractivity contribution in [3.8, 4) is 0 Å². The van der Waals surface area contributed by atoms with Crippen molar-refractivity contribution in [2.45, 2.75) is 41.5 Å². The number of hydrogen-bond donors (Lipinski definition) is 0. The Bertz CT molecular complexity index is 152. The van der Waals surface area contributed by atoms with Gasteiger partial charge in [0.15, 0.2) is 0 Å². The van der Waals surface area contributed by atoms with Crippen molar-refractivity contribution in [2.75, 3.05) is 0 Å². The molecule has 0 saturated carbocycles. The average Bonchev–Trinajstić information content (AvgIpc) is 1.76. The van der Waals surface area contributed by atoms with Crippen LogP contribution in [0.2, 0.25) is 0 Å². The first kappa shape index (κ1) is 11.4. The van der Waals surface area contributed by atoms with Gasteiger partial charge in [0, 0.05) is 12.4 Å². The summed E-state index contributed by atoms with van der Waals surface area (Å²) in [6.07, 6.45) is 5.95. The molecule has 0 heterocycles. The van der Waals surface area contributed by atoms with E-state index in [-0.39, 0.29) is 10.8 Å². The Morgan fingerprint density at radius 2 is 1.33 bits per heavy atom. The molecule has 0 amide bonds. The van der Waals surface area contributed by atoms with Crippen LogP contribution in [0.5, 0.6) is 0 Å². The normalized spacial score (nSPS) is 14.8. The van der Waals surface area contributed by atoms with Crippen molar-refractivity contribution < 1.29 is 0 Å². The maximum Gasteiger partial charge on any atom is 0.0229 e. The van der Waals surface area contributed by atoms with E-state index in [2.05, 4.69) is 52.6 Å². The molecule has 0 bridgehead atoms. The van der Waals surface area contributed by atoms with Crippen LogP contribution in [0.1, 0.15) is 41.5 Å². The lowest BCUT2D eigenvalue weighted by molar-refractivity contribution is 0.543. The van der Waals surface area contributed by atoms with Crippen LogP contribution in [-0.4, -0.2) is 6.21 Å². The van der Waals surface area contributed by atoms with Gasteiger partial charge in [0.25, 0.3) is 0 Å². The summed E-state index contributed by atoms with van der Waals surface area (Å²) in [5.74, 6) is 0. The summed E-state index contributed by atoms with van der Waals surface area (Å²) in [4.78, 5) is 4.22. The van der Waals surface area contributed by atoms with E-state index in [4.69, 9.17) is 0 Å². The molecule has 1 heteroatoms. The first-order valence-electron chi connectivity index (χ1n) is 4.43. The average molecular weight is 167 g/mol. The standard InChI is InChI=1S/C11H21N/c1-10(2,3)7-8-12-9-11(4,5)6/h7-9H,1-6H3/b8-7+,12-9+. The minimum absolute atomic E-state index is 0.183. The van der Waals surface area contributed by atoms with Crippen LogP contribution in [-0.2, 0) is 0 Å². The van der Waals surface area contributed by atoms with E-state index >= 15 is 0 Å².